The fourth-order valence-electron chi connectivity index (χ4n) is 3.34. The number of pyridine rings is 1. The third-order valence-corrected chi connectivity index (χ3v) is 4.74. The molecule has 2 heterocycles. The maximum atomic E-state index is 14.8. The quantitative estimate of drug-likeness (QED) is 0.738. The van der Waals surface area contributed by atoms with Crippen LogP contribution in [-0.4, -0.2) is 22.2 Å². The van der Waals surface area contributed by atoms with E-state index in [0.29, 0.717) is 11.1 Å². The number of carboxylic acids is 1. The van der Waals surface area contributed by atoms with Gasteiger partial charge in [0.25, 0.3) is 0 Å². The molecule has 0 saturated carbocycles. The molecule has 0 amide bonds. The van der Waals surface area contributed by atoms with Crippen LogP contribution in [0.3, 0.4) is 0 Å². The Bertz CT molecular complexity index is 1110. The number of hydrogen-bond acceptors (Lipinski definition) is 4. The minimum atomic E-state index is -1.33. The Labute approximate surface area is 153 Å². The molecule has 138 valence electrons. The maximum absolute atomic E-state index is 14.8. The van der Waals surface area contributed by atoms with E-state index in [4.69, 9.17) is 4.74 Å². The summed E-state index contributed by atoms with van der Waals surface area (Å²) in [4.78, 5) is 23.9. The van der Waals surface area contributed by atoms with Gasteiger partial charge in [-0.2, -0.15) is 0 Å². The highest BCUT2D eigenvalue weighted by atomic mass is 19.1. The molecule has 1 aliphatic rings. The van der Waals surface area contributed by atoms with E-state index < -0.39 is 17.2 Å². The Morgan fingerprint density at radius 3 is 2.81 bits per heavy atom. The predicted molar refractivity (Wildman–Crippen MR) is 99.1 cm³/mol. The van der Waals surface area contributed by atoms with Crippen molar-refractivity contribution in [1.29, 1.82) is 0 Å². The molecule has 0 unspecified atom stereocenters. The summed E-state index contributed by atoms with van der Waals surface area (Å²) in [5, 5.41) is 12.5. The molecule has 2 N–H and O–H groups in total. The van der Waals surface area contributed by atoms with Gasteiger partial charge in [0, 0.05) is 18.4 Å². The van der Waals surface area contributed by atoms with Crippen molar-refractivity contribution in [1.82, 2.24) is 4.57 Å². The van der Waals surface area contributed by atoms with E-state index in [2.05, 4.69) is 5.32 Å². The van der Waals surface area contributed by atoms with Gasteiger partial charge in [0.2, 0.25) is 5.43 Å². The maximum Gasteiger partial charge on any atom is 0.341 e. The number of ether oxygens (including phenoxy) is 1. The zero-order valence-electron chi connectivity index (χ0n) is 14.5. The van der Waals surface area contributed by atoms with Crippen LogP contribution < -0.4 is 15.5 Å². The summed E-state index contributed by atoms with van der Waals surface area (Å²) in [6.45, 7) is 2.28. The van der Waals surface area contributed by atoms with Crippen molar-refractivity contribution in [3.05, 3.63) is 69.8 Å². The van der Waals surface area contributed by atoms with Crippen molar-refractivity contribution in [2.24, 2.45) is 0 Å². The summed E-state index contributed by atoms with van der Waals surface area (Å²) in [5.74, 6) is -1.66. The summed E-state index contributed by atoms with van der Waals surface area (Å²) in [7, 11) is 0. The molecule has 0 fully saturated rings. The Morgan fingerprint density at radius 2 is 2.11 bits per heavy atom. The smallest absolute Gasteiger partial charge is 0.341 e. The Balaban J connectivity index is 1.90. The van der Waals surface area contributed by atoms with Crippen LogP contribution in [0.25, 0.3) is 10.9 Å². The number of carbonyl (C=O) groups is 1. The van der Waals surface area contributed by atoms with Crippen molar-refractivity contribution >= 4 is 22.6 Å². The van der Waals surface area contributed by atoms with E-state index in [9.17, 15) is 19.1 Å². The molecule has 0 saturated heterocycles. The topological polar surface area (TPSA) is 80.6 Å². The van der Waals surface area contributed by atoms with Gasteiger partial charge in [-0.15, -0.1) is 0 Å². The van der Waals surface area contributed by atoms with Crippen LogP contribution in [-0.2, 0) is 6.54 Å². The number of hydrogen-bond donors (Lipinski definition) is 2. The summed E-state index contributed by atoms with van der Waals surface area (Å²) in [5.41, 5.74) is 0.461. The first-order valence-corrected chi connectivity index (χ1v) is 8.52. The minimum absolute atomic E-state index is 0.0115. The fourth-order valence-corrected chi connectivity index (χ4v) is 3.34. The number of aromatic carboxylic acids is 1. The summed E-state index contributed by atoms with van der Waals surface area (Å²) < 4.78 is 22.3. The van der Waals surface area contributed by atoms with Crippen LogP contribution in [0.4, 0.5) is 10.1 Å². The first-order chi connectivity index (χ1) is 13.0. The van der Waals surface area contributed by atoms with Crippen molar-refractivity contribution in [2.75, 3.05) is 11.9 Å². The van der Waals surface area contributed by atoms with Gasteiger partial charge in [0.05, 0.1) is 22.5 Å². The van der Waals surface area contributed by atoms with Crippen LogP contribution in [0.1, 0.15) is 28.9 Å². The number of aromatic nitrogens is 1. The Kier molecular flexibility index (Phi) is 4.07. The van der Waals surface area contributed by atoms with Crippen LogP contribution in [0.15, 0.2) is 47.4 Å². The molecule has 2 aromatic carbocycles. The van der Waals surface area contributed by atoms with Crippen LogP contribution in [0, 0.1) is 5.82 Å². The van der Waals surface area contributed by atoms with Crippen molar-refractivity contribution in [3.63, 3.8) is 0 Å². The summed E-state index contributed by atoms with van der Waals surface area (Å²) in [6.07, 6.45) is 1.32. The molecule has 4 rings (SSSR count). The fraction of sp³-hybridized carbons (Fsp3) is 0.200. The van der Waals surface area contributed by atoms with Gasteiger partial charge in [-0.05, 0) is 25.1 Å². The zero-order valence-corrected chi connectivity index (χ0v) is 14.5. The van der Waals surface area contributed by atoms with E-state index in [1.165, 1.54) is 6.20 Å². The third kappa shape index (κ3) is 2.81. The van der Waals surface area contributed by atoms with Gasteiger partial charge in [-0.25, -0.2) is 9.18 Å². The lowest BCUT2D eigenvalue weighted by Crippen LogP contribution is -2.27. The standard InChI is InChI=1S/C20H17FN2O4/c1-11-10-27-19-14(8-22-12-5-3-2-4-6-12)16(21)7-13-17(19)23(11)9-15(18(13)24)20(25)26/h2-7,9,11,22H,8,10H2,1H3,(H,25,26)/t11-/m0/s1. The number of rotatable bonds is 4. The van der Waals surface area contributed by atoms with E-state index >= 15 is 0 Å². The van der Waals surface area contributed by atoms with Crippen LogP contribution >= 0.6 is 0 Å². The van der Waals surface area contributed by atoms with E-state index in [1.807, 2.05) is 37.3 Å². The van der Waals surface area contributed by atoms with Gasteiger partial charge in [-0.3, -0.25) is 4.79 Å². The lowest BCUT2D eigenvalue weighted by atomic mass is 10.0. The molecule has 27 heavy (non-hydrogen) atoms. The van der Waals surface area contributed by atoms with Crippen LogP contribution in [0.5, 0.6) is 5.75 Å². The lowest BCUT2D eigenvalue weighted by molar-refractivity contribution is 0.0694. The van der Waals surface area contributed by atoms with E-state index in [0.717, 1.165) is 11.8 Å². The first-order valence-electron chi connectivity index (χ1n) is 8.52. The highest BCUT2D eigenvalue weighted by Crippen LogP contribution is 2.36. The number of benzene rings is 2. The second kappa shape index (κ2) is 6.42. The molecular formula is C20H17FN2O4. The summed E-state index contributed by atoms with van der Waals surface area (Å²) >= 11 is 0. The van der Waals surface area contributed by atoms with Crippen molar-refractivity contribution in [3.8, 4) is 5.75 Å². The lowest BCUT2D eigenvalue weighted by Gasteiger charge is -2.28. The van der Waals surface area contributed by atoms with Crippen molar-refractivity contribution < 1.29 is 19.0 Å². The molecule has 0 bridgehead atoms. The molecule has 1 atom stereocenters. The second-order valence-electron chi connectivity index (χ2n) is 6.53. The number of anilines is 1. The monoisotopic (exact) mass is 368 g/mol. The molecule has 1 aliphatic heterocycles. The molecule has 6 nitrogen and oxygen atoms in total. The second-order valence-corrected chi connectivity index (χ2v) is 6.53. The molecule has 7 heteroatoms. The highest BCUT2D eigenvalue weighted by molar-refractivity contribution is 5.95. The van der Waals surface area contributed by atoms with Gasteiger partial charge < -0.3 is 19.7 Å². The molecule has 1 aromatic heterocycles. The number of carboxylic acid groups (broad SMARTS) is 1. The average Bonchev–Trinajstić information content (AvgIpc) is 2.65. The van der Waals surface area contributed by atoms with Gasteiger partial charge in [0.15, 0.2) is 5.75 Å². The first kappa shape index (κ1) is 17.1. The van der Waals surface area contributed by atoms with E-state index in [1.54, 1.807) is 4.57 Å². The van der Waals surface area contributed by atoms with Gasteiger partial charge in [-0.1, -0.05) is 18.2 Å². The number of para-hydroxylation sites is 1. The Morgan fingerprint density at radius 1 is 1.37 bits per heavy atom. The van der Waals surface area contributed by atoms with Gasteiger partial charge >= 0.3 is 5.97 Å². The average molecular weight is 368 g/mol. The molecule has 0 aliphatic carbocycles. The third-order valence-electron chi connectivity index (χ3n) is 4.74. The largest absolute Gasteiger partial charge is 0.489 e. The number of halogens is 1. The number of nitrogens with zero attached hydrogens (tertiary/aromatic N) is 1. The Hall–Kier alpha value is -3.35. The number of nitrogens with one attached hydrogen (secondary N) is 1. The van der Waals surface area contributed by atoms with E-state index in [-0.39, 0.29) is 35.9 Å². The SMILES string of the molecule is C[C@H]1COc2c(CNc3ccccc3)c(F)cc3c(=O)c(C(=O)O)cn1c23. The normalized spacial score (nSPS) is 15.4. The molecule has 3 aromatic rings. The zero-order chi connectivity index (χ0) is 19.1. The minimum Gasteiger partial charge on any atom is -0.489 e. The predicted octanol–water partition coefficient (Wildman–Crippen LogP) is 3.40. The summed E-state index contributed by atoms with van der Waals surface area (Å²) in [6, 6.07) is 10.3. The van der Waals surface area contributed by atoms with Gasteiger partial charge in [0.1, 0.15) is 18.0 Å². The van der Waals surface area contributed by atoms with Crippen molar-refractivity contribution in [2.45, 2.75) is 19.5 Å². The van der Waals surface area contributed by atoms with Crippen LogP contribution in [0.2, 0.25) is 0 Å². The molecule has 0 radical (unpaired) electrons. The molecule has 0 spiro atoms. The highest BCUT2D eigenvalue weighted by Gasteiger charge is 2.27. The molecular weight excluding hydrogens is 351 g/mol.